The van der Waals surface area contributed by atoms with Crippen LogP contribution in [0.3, 0.4) is 0 Å². The van der Waals surface area contributed by atoms with Gasteiger partial charge >= 0.3 is 0 Å². The van der Waals surface area contributed by atoms with Gasteiger partial charge in [0.2, 0.25) is 0 Å². The van der Waals surface area contributed by atoms with Gasteiger partial charge in [0.15, 0.2) is 0 Å². The Morgan fingerprint density at radius 3 is 1.29 bits per heavy atom. The molecular weight excluding hydrogens is 663 g/mol. The van der Waals surface area contributed by atoms with Crippen LogP contribution in [0, 0.1) is 0 Å². The highest BCUT2D eigenvalue weighted by molar-refractivity contribution is 6.16. The van der Waals surface area contributed by atoms with E-state index in [0.717, 1.165) is 17.1 Å². The molecule has 1 nitrogen and oxygen atoms in total. The Kier molecular flexibility index (Phi) is 8.24. The van der Waals surface area contributed by atoms with Crippen LogP contribution in [0.5, 0.6) is 0 Å². The lowest BCUT2D eigenvalue weighted by atomic mass is 9.93. The fourth-order valence-corrected chi connectivity index (χ4v) is 8.14. The van der Waals surface area contributed by atoms with Gasteiger partial charge in [-0.25, -0.2) is 0 Å². The van der Waals surface area contributed by atoms with Crippen molar-refractivity contribution in [3.8, 4) is 44.5 Å². The van der Waals surface area contributed by atoms with E-state index in [9.17, 15) is 0 Å². The molecule has 0 aliphatic carbocycles. The summed E-state index contributed by atoms with van der Waals surface area (Å²) in [5, 5.41) is 7.35. The first-order chi connectivity index (χ1) is 27.3. The minimum atomic E-state index is 1.10. The second-order valence-corrected chi connectivity index (χ2v) is 14.1. The Bertz CT molecular complexity index is 2920. The third kappa shape index (κ3) is 6.02. The van der Waals surface area contributed by atoms with Gasteiger partial charge in [0.25, 0.3) is 0 Å². The quantitative estimate of drug-likeness (QED) is 0.150. The van der Waals surface area contributed by atoms with Crippen molar-refractivity contribution in [2.24, 2.45) is 0 Å². The zero-order valence-corrected chi connectivity index (χ0v) is 30.3. The molecule has 55 heavy (non-hydrogen) atoms. The zero-order chi connectivity index (χ0) is 36.6. The first-order valence-corrected chi connectivity index (χ1v) is 18.9. The molecule has 1 heteroatoms. The van der Waals surface area contributed by atoms with E-state index in [2.05, 4.69) is 229 Å². The van der Waals surface area contributed by atoms with E-state index in [1.807, 2.05) is 0 Å². The zero-order valence-electron chi connectivity index (χ0n) is 30.3. The molecule has 0 aromatic heterocycles. The molecule has 0 saturated heterocycles. The third-order valence-electron chi connectivity index (χ3n) is 10.9. The first-order valence-electron chi connectivity index (χ1n) is 18.9. The van der Waals surface area contributed by atoms with Gasteiger partial charge in [0.05, 0.1) is 11.4 Å². The highest BCUT2D eigenvalue weighted by Crippen LogP contribution is 2.46. The summed E-state index contributed by atoms with van der Waals surface area (Å²) in [5.74, 6) is 0. The molecule has 0 N–H and O–H groups in total. The van der Waals surface area contributed by atoms with E-state index in [1.54, 1.807) is 0 Å². The maximum Gasteiger partial charge on any atom is 0.0546 e. The van der Waals surface area contributed by atoms with Gasteiger partial charge in [-0.05, 0) is 90.3 Å². The van der Waals surface area contributed by atoms with Crippen molar-refractivity contribution in [1.82, 2.24) is 0 Å². The van der Waals surface area contributed by atoms with Crippen LogP contribution in [0.2, 0.25) is 0 Å². The van der Waals surface area contributed by atoms with Crippen molar-refractivity contribution in [2.45, 2.75) is 0 Å². The Balaban J connectivity index is 1.15. The summed E-state index contributed by atoms with van der Waals surface area (Å²) < 4.78 is 0. The summed E-state index contributed by atoms with van der Waals surface area (Å²) in [5.41, 5.74) is 13.0. The lowest BCUT2D eigenvalue weighted by molar-refractivity contribution is 1.32. The summed E-state index contributed by atoms with van der Waals surface area (Å²) in [6.45, 7) is 0. The first kappa shape index (κ1) is 32.4. The fraction of sp³-hybridized carbons (Fsp3) is 0. The smallest absolute Gasteiger partial charge is 0.0546 e. The average Bonchev–Trinajstić information content (AvgIpc) is 3.27. The molecule has 0 atom stereocenters. The Labute approximate surface area is 322 Å². The van der Waals surface area contributed by atoms with Gasteiger partial charge in [0.1, 0.15) is 0 Å². The molecule has 0 aliphatic rings. The SMILES string of the molecule is c1ccc(-c2ccc(-c3ccc(N(c4cc5ccccc5c5ccccc45)c4cccc5cccc(-c6ccc(-c7ccccc7)cc6)c45)cc3)cc2)cc1. The molecule has 10 rings (SSSR count). The van der Waals surface area contributed by atoms with Crippen LogP contribution >= 0.6 is 0 Å². The maximum atomic E-state index is 2.47. The largest absolute Gasteiger partial charge is 0.309 e. The van der Waals surface area contributed by atoms with Crippen LogP contribution < -0.4 is 4.90 Å². The number of anilines is 3. The van der Waals surface area contributed by atoms with E-state index in [0.29, 0.717) is 0 Å². The summed E-state index contributed by atoms with van der Waals surface area (Å²) in [6, 6.07) is 81.5. The fourth-order valence-electron chi connectivity index (χ4n) is 8.14. The van der Waals surface area contributed by atoms with Crippen molar-refractivity contribution in [2.75, 3.05) is 4.90 Å². The lowest BCUT2D eigenvalue weighted by Crippen LogP contribution is -2.11. The summed E-state index contributed by atoms with van der Waals surface area (Å²) in [7, 11) is 0. The van der Waals surface area contributed by atoms with Crippen LogP contribution in [0.1, 0.15) is 0 Å². The van der Waals surface area contributed by atoms with E-state index >= 15 is 0 Å². The molecule has 0 amide bonds. The van der Waals surface area contributed by atoms with Crippen molar-refractivity contribution in [3.63, 3.8) is 0 Å². The minimum Gasteiger partial charge on any atom is -0.309 e. The molecule has 0 bridgehead atoms. The molecule has 0 unspecified atom stereocenters. The molecule has 0 fully saturated rings. The van der Waals surface area contributed by atoms with Gasteiger partial charge in [0, 0.05) is 16.5 Å². The summed E-state index contributed by atoms with van der Waals surface area (Å²) in [4.78, 5) is 2.47. The number of nitrogens with zero attached hydrogens (tertiary/aromatic N) is 1. The van der Waals surface area contributed by atoms with Gasteiger partial charge in [-0.15, -0.1) is 0 Å². The van der Waals surface area contributed by atoms with Crippen molar-refractivity contribution in [3.05, 3.63) is 224 Å². The van der Waals surface area contributed by atoms with E-state index in [1.165, 1.54) is 76.8 Å². The third-order valence-corrected chi connectivity index (χ3v) is 10.9. The number of rotatable bonds is 7. The minimum absolute atomic E-state index is 1.10. The molecule has 10 aromatic carbocycles. The Morgan fingerprint density at radius 1 is 0.255 bits per heavy atom. The standard InChI is InChI=1S/C54H37N/c1-3-13-38(14-4-1)40-25-27-42(28-26-40)43-33-35-47(36-34-43)55(53-37-46-17-7-8-20-48(46)50-21-9-10-22-51(50)53)52-24-12-19-45-18-11-23-49(54(45)52)44-31-29-41(30-32-44)39-15-5-2-6-16-39/h1-37H. The molecule has 0 heterocycles. The highest BCUT2D eigenvalue weighted by atomic mass is 15.1. The molecule has 0 spiro atoms. The normalized spacial score (nSPS) is 11.3. The molecule has 0 radical (unpaired) electrons. The van der Waals surface area contributed by atoms with Crippen LogP contribution in [0.25, 0.3) is 76.8 Å². The van der Waals surface area contributed by atoms with Crippen LogP contribution in [0.15, 0.2) is 224 Å². The van der Waals surface area contributed by atoms with Crippen molar-refractivity contribution in [1.29, 1.82) is 0 Å². The summed E-state index contributed by atoms with van der Waals surface area (Å²) >= 11 is 0. The van der Waals surface area contributed by atoms with E-state index in [4.69, 9.17) is 0 Å². The average molecular weight is 700 g/mol. The van der Waals surface area contributed by atoms with Gasteiger partial charge in [-0.1, -0.05) is 200 Å². The van der Waals surface area contributed by atoms with Gasteiger partial charge < -0.3 is 4.90 Å². The molecule has 10 aromatic rings. The van der Waals surface area contributed by atoms with Crippen LogP contribution in [-0.4, -0.2) is 0 Å². The van der Waals surface area contributed by atoms with Crippen molar-refractivity contribution >= 4 is 49.4 Å². The topological polar surface area (TPSA) is 3.24 Å². The maximum absolute atomic E-state index is 2.47. The van der Waals surface area contributed by atoms with E-state index in [-0.39, 0.29) is 0 Å². The molecular formula is C54H37N. The lowest BCUT2D eigenvalue weighted by Gasteiger charge is -2.29. The second-order valence-electron chi connectivity index (χ2n) is 14.1. The number of fused-ring (bicyclic) bond motifs is 4. The van der Waals surface area contributed by atoms with Gasteiger partial charge in [-0.3, -0.25) is 0 Å². The van der Waals surface area contributed by atoms with Crippen molar-refractivity contribution < 1.29 is 0 Å². The molecule has 0 saturated carbocycles. The van der Waals surface area contributed by atoms with Crippen LogP contribution in [0.4, 0.5) is 17.1 Å². The monoisotopic (exact) mass is 699 g/mol. The molecule has 0 aliphatic heterocycles. The number of hydrogen-bond acceptors (Lipinski definition) is 1. The number of benzene rings is 10. The number of hydrogen-bond donors (Lipinski definition) is 0. The van der Waals surface area contributed by atoms with Crippen LogP contribution in [-0.2, 0) is 0 Å². The Morgan fingerprint density at radius 2 is 0.691 bits per heavy atom. The van der Waals surface area contributed by atoms with Gasteiger partial charge in [-0.2, -0.15) is 0 Å². The summed E-state index contributed by atoms with van der Waals surface area (Å²) in [6.07, 6.45) is 0. The second kappa shape index (κ2) is 14.0. The molecule has 258 valence electrons. The highest BCUT2D eigenvalue weighted by Gasteiger charge is 2.21. The van der Waals surface area contributed by atoms with E-state index < -0.39 is 0 Å². The Hall–Kier alpha value is -7.22. The predicted molar refractivity (Wildman–Crippen MR) is 235 cm³/mol. The predicted octanol–water partition coefficient (Wildman–Crippen LogP) is 15.3.